The zero-order valence-corrected chi connectivity index (χ0v) is 15.4. The minimum Gasteiger partial charge on any atom is -0.349 e. The fourth-order valence-electron chi connectivity index (χ4n) is 3.51. The summed E-state index contributed by atoms with van der Waals surface area (Å²) in [5, 5.41) is 7.08. The quantitative estimate of drug-likeness (QED) is 0.915. The van der Waals surface area contributed by atoms with Crippen LogP contribution in [-0.2, 0) is 11.8 Å². The van der Waals surface area contributed by atoms with Crippen molar-refractivity contribution in [3.8, 4) is 0 Å². The highest BCUT2D eigenvalue weighted by Crippen LogP contribution is 2.34. The van der Waals surface area contributed by atoms with Crippen LogP contribution in [0.2, 0.25) is 0 Å². The molecule has 25 heavy (non-hydrogen) atoms. The lowest BCUT2D eigenvalue weighted by Gasteiger charge is -2.35. The Morgan fingerprint density at radius 1 is 1.28 bits per heavy atom. The number of amides is 2. The molecule has 0 saturated carbocycles. The minimum atomic E-state index is -0.0879. The molecule has 1 saturated heterocycles. The lowest BCUT2D eigenvalue weighted by Crippen LogP contribution is -2.47. The van der Waals surface area contributed by atoms with Crippen LogP contribution < -0.4 is 5.32 Å². The van der Waals surface area contributed by atoms with Crippen LogP contribution in [0.15, 0.2) is 24.0 Å². The van der Waals surface area contributed by atoms with E-state index in [2.05, 4.69) is 30.3 Å². The van der Waals surface area contributed by atoms with Crippen molar-refractivity contribution in [1.29, 1.82) is 0 Å². The molecule has 1 fully saturated rings. The van der Waals surface area contributed by atoms with Gasteiger partial charge in [-0.05, 0) is 37.5 Å². The van der Waals surface area contributed by atoms with Gasteiger partial charge in [0.25, 0.3) is 5.91 Å². The summed E-state index contributed by atoms with van der Waals surface area (Å²) in [7, 11) is 1.79. The average Bonchev–Trinajstić information content (AvgIpc) is 3.02. The summed E-state index contributed by atoms with van der Waals surface area (Å²) in [6.45, 7) is 5.91. The van der Waals surface area contributed by atoms with Crippen molar-refractivity contribution in [1.82, 2.24) is 20.0 Å². The molecular weight excluding hydrogens is 316 g/mol. The van der Waals surface area contributed by atoms with Crippen molar-refractivity contribution in [2.45, 2.75) is 52.0 Å². The number of nitrogens with zero attached hydrogens (tertiary/aromatic N) is 3. The number of hydrogen-bond donors (Lipinski definition) is 1. The summed E-state index contributed by atoms with van der Waals surface area (Å²) < 4.78 is 1.62. The van der Waals surface area contributed by atoms with Gasteiger partial charge in [0.15, 0.2) is 0 Å². The number of piperidine rings is 1. The van der Waals surface area contributed by atoms with E-state index in [-0.39, 0.29) is 17.9 Å². The van der Waals surface area contributed by atoms with Gasteiger partial charge >= 0.3 is 0 Å². The van der Waals surface area contributed by atoms with E-state index in [0.717, 1.165) is 37.7 Å². The maximum Gasteiger partial charge on any atom is 0.254 e. The van der Waals surface area contributed by atoms with E-state index in [1.165, 1.54) is 0 Å². The fourth-order valence-corrected chi connectivity index (χ4v) is 3.51. The summed E-state index contributed by atoms with van der Waals surface area (Å²) >= 11 is 0. The Morgan fingerprint density at radius 3 is 2.56 bits per heavy atom. The highest BCUT2D eigenvalue weighted by atomic mass is 16.2. The van der Waals surface area contributed by atoms with Gasteiger partial charge in [-0.25, -0.2) is 0 Å². The van der Waals surface area contributed by atoms with Crippen LogP contribution in [-0.4, -0.2) is 45.6 Å². The number of likely N-dealkylation sites (tertiary alicyclic amines) is 1. The van der Waals surface area contributed by atoms with Crippen LogP contribution in [0.5, 0.6) is 0 Å². The molecule has 3 rings (SSSR count). The highest BCUT2D eigenvalue weighted by molar-refractivity contribution is 5.94. The van der Waals surface area contributed by atoms with Crippen LogP contribution in [0.1, 0.15) is 56.3 Å². The second-order valence-corrected chi connectivity index (χ2v) is 8.04. The molecule has 0 unspecified atom stereocenters. The number of rotatable bonds is 3. The molecule has 6 heteroatoms. The van der Waals surface area contributed by atoms with Gasteiger partial charge in [-0.15, -0.1) is 0 Å². The molecule has 0 spiro atoms. The minimum absolute atomic E-state index is 0.0879. The van der Waals surface area contributed by atoms with E-state index in [1.807, 2.05) is 4.90 Å². The van der Waals surface area contributed by atoms with Crippen LogP contribution in [0.4, 0.5) is 0 Å². The number of carbonyl (C=O) groups is 2. The summed E-state index contributed by atoms with van der Waals surface area (Å²) in [6, 6.07) is 0.121. The third-order valence-electron chi connectivity index (χ3n) is 5.33. The van der Waals surface area contributed by atoms with Gasteiger partial charge in [0.1, 0.15) is 0 Å². The number of carbonyl (C=O) groups excluding carboxylic acids is 2. The maximum atomic E-state index is 12.7. The van der Waals surface area contributed by atoms with E-state index in [4.69, 9.17) is 0 Å². The van der Waals surface area contributed by atoms with Crippen molar-refractivity contribution >= 4 is 11.8 Å². The molecule has 0 bridgehead atoms. The number of hydrogen-bond acceptors (Lipinski definition) is 3. The van der Waals surface area contributed by atoms with Gasteiger partial charge in [0.05, 0.1) is 11.8 Å². The molecule has 0 aromatic carbocycles. The van der Waals surface area contributed by atoms with Gasteiger partial charge in [-0.3, -0.25) is 14.3 Å². The van der Waals surface area contributed by atoms with E-state index < -0.39 is 0 Å². The Balaban J connectivity index is 1.49. The van der Waals surface area contributed by atoms with Crippen molar-refractivity contribution in [2.75, 3.05) is 13.1 Å². The average molecular weight is 344 g/mol. The van der Waals surface area contributed by atoms with Crippen LogP contribution in [0.3, 0.4) is 0 Å². The molecule has 2 aliphatic rings. The highest BCUT2D eigenvalue weighted by Gasteiger charge is 2.29. The van der Waals surface area contributed by atoms with Gasteiger partial charge in [-0.2, -0.15) is 5.10 Å². The molecule has 1 aliphatic heterocycles. The Bertz CT molecular complexity index is 681. The second-order valence-electron chi connectivity index (χ2n) is 8.04. The predicted molar refractivity (Wildman–Crippen MR) is 96.0 cm³/mol. The summed E-state index contributed by atoms with van der Waals surface area (Å²) in [5.41, 5.74) is 1.86. The second kappa shape index (κ2) is 7.02. The Hall–Kier alpha value is -2.11. The lowest BCUT2D eigenvalue weighted by atomic mass is 9.78. The van der Waals surface area contributed by atoms with Gasteiger partial charge < -0.3 is 10.2 Å². The molecule has 2 amide bonds. The van der Waals surface area contributed by atoms with E-state index >= 15 is 0 Å². The SMILES string of the molecule is Cn1cc(C(=O)NC2CCN(C(=O)C3=CCC(C)(C)CC3)CC2)cn1. The van der Waals surface area contributed by atoms with Gasteiger partial charge in [0, 0.05) is 37.9 Å². The van der Waals surface area contributed by atoms with Crippen molar-refractivity contribution < 1.29 is 9.59 Å². The van der Waals surface area contributed by atoms with Gasteiger partial charge in [0.2, 0.25) is 5.91 Å². The Labute approximate surface area is 149 Å². The maximum absolute atomic E-state index is 12.7. The van der Waals surface area contributed by atoms with E-state index in [1.54, 1.807) is 24.1 Å². The predicted octanol–water partition coefficient (Wildman–Crippen LogP) is 2.28. The van der Waals surface area contributed by atoms with Crippen LogP contribution in [0, 0.1) is 5.41 Å². The monoisotopic (exact) mass is 344 g/mol. The summed E-state index contributed by atoms with van der Waals surface area (Å²) in [4.78, 5) is 26.8. The summed E-state index contributed by atoms with van der Waals surface area (Å²) in [6.07, 6.45) is 9.95. The first-order valence-corrected chi connectivity index (χ1v) is 9.12. The Morgan fingerprint density at radius 2 is 2.00 bits per heavy atom. The molecule has 0 radical (unpaired) electrons. The first-order valence-electron chi connectivity index (χ1n) is 9.12. The topological polar surface area (TPSA) is 67.2 Å². The molecule has 1 aromatic heterocycles. The smallest absolute Gasteiger partial charge is 0.254 e. The fraction of sp³-hybridized carbons (Fsp3) is 0.632. The zero-order valence-electron chi connectivity index (χ0n) is 15.4. The molecule has 136 valence electrons. The van der Waals surface area contributed by atoms with E-state index in [0.29, 0.717) is 24.1 Å². The third kappa shape index (κ3) is 4.30. The molecule has 0 atom stereocenters. The standard InChI is InChI=1S/C19H28N4O2/c1-19(2)8-4-14(5-9-19)18(25)23-10-6-16(7-11-23)21-17(24)15-12-20-22(3)13-15/h4,12-13,16H,5-11H2,1-3H3,(H,21,24). The zero-order chi connectivity index (χ0) is 18.0. The number of allylic oxidation sites excluding steroid dienone is 1. The van der Waals surface area contributed by atoms with Crippen molar-refractivity contribution in [3.63, 3.8) is 0 Å². The molecule has 1 aliphatic carbocycles. The number of aromatic nitrogens is 2. The number of nitrogens with one attached hydrogen (secondary N) is 1. The first kappa shape index (κ1) is 17.7. The number of aryl methyl sites for hydroxylation is 1. The third-order valence-corrected chi connectivity index (χ3v) is 5.33. The van der Waals surface area contributed by atoms with Crippen LogP contribution >= 0.6 is 0 Å². The van der Waals surface area contributed by atoms with Crippen LogP contribution in [0.25, 0.3) is 0 Å². The lowest BCUT2D eigenvalue weighted by molar-refractivity contribution is -0.128. The van der Waals surface area contributed by atoms with E-state index in [9.17, 15) is 9.59 Å². The molecule has 1 N–H and O–H groups in total. The first-order chi connectivity index (χ1) is 11.8. The molecule has 1 aromatic rings. The van der Waals surface area contributed by atoms with Crippen molar-refractivity contribution in [2.24, 2.45) is 12.5 Å². The molecule has 6 nitrogen and oxygen atoms in total. The largest absolute Gasteiger partial charge is 0.349 e. The normalized spacial score (nSPS) is 20.9. The molecular formula is C19H28N4O2. The summed E-state index contributed by atoms with van der Waals surface area (Å²) in [5.74, 6) is 0.0997. The Kier molecular flexibility index (Phi) is 4.97. The van der Waals surface area contributed by atoms with Crippen molar-refractivity contribution in [3.05, 3.63) is 29.6 Å². The van der Waals surface area contributed by atoms with Gasteiger partial charge in [-0.1, -0.05) is 19.9 Å². The molecule has 2 heterocycles.